The van der Waals surface area contributed by atoms with Crippen molar-refractivity contribution in [3.63, 3.8) is 0 Å². The Hall–Kier alpha value is -1.89. The number of fused-ring (bicyclic) bond motifs is 1. The molecule has 2 aliphatic carbocycles. The summed E-state index contributed by atoms with van der Waals surface area (Å²) in [6.45, 7) is 0. The topological polar surface area (TPSA) is 87.7 Å². The fraction of sp³-hybridized carbons (Fsp3) is 0.750. The summed E-state index contributed by atoms with van der Waals surface area (Å²) in [4.78, 5) is 40.9. The molecule has 2 saturated carbocycles. The number of rotatable bonds is 4. The van der Waals surface area contributed by atoms with Gasteiger partial charge < -0.3 is 20.3 Å². The molecule has 5 rings (SSSR count). The highest BCUT2D eigenvalue weighted by Gasteiger charge is 2.74. The van der Waals surface area contributed by atoms with Crippen LogP contribution in [0.25, 0.3) is 0 Å². The lowest BCUT2D eigenvalue weighted by atomic mass is 9.74. The fourth-order valence-electron chi connectivity index (χ4n) is 5.65. The largest absolute Gasteiger partial charge is 0.359 e. The molecule has 5 atom stereocenters. The Labute approximate surface area is 158 Å². The number of likely N-dealkylation sites (tertiary alicyclic amines) is 1. The maximum atomic E-state index is 13.4. The minimum atomic E-state index is -1.000. The number of carbonyl (C=O) groups excluding carboxylic acids is 3. The predicted molar refractivity (Wildman–Crippen MR) is 96.5 cm³/mol. The van der Waals surface area contributed by atoms with Crippen LogP contribution in [-0.2, 0) is 19.1 Å². The molecule has 7 heteroatoms. The SMILES string of the molecule is CNC(=O)C1C2C=CC3(O2)C1C(=O)N(C1CC1)C3C(=O)NC1CCCCC1. The lowest BCUT2D eigenvalue weighted by molar-refractivity contribution is -0.142. The van der Waals surface area contributed by atoms with E-state index in [2.05, 4.69) is 10.6 Å². The molecule has 3 aliphatic heterocycles. The minimum Gasteiger partial charge on any atom is -0.359 e. The summed E-state index contributed by atoms with van der Waals surface area (Å²) in [5, 5.41) is 5.86. The normalized spacial score (nSPS) is 40.3. The van der Waals surface area contributed by atoms with Gasteiger partial charge in [-0.1, -0.05) is 31.4 Å². The second kappa shape index (κ2) is 6.06. The van der Waals surface area contributed by atoms with E-state index in [4.69, 9.17) is 4.74 Å². The molecule has 3 heterocycles. The average molecular weight is 373 g/mol. The summed E-state index contributed by atoms with van der Waals surface area (Å²) in [5.41, 5.74) is -1.000. The fourth-order valence-corrected chi connectivity index (χ4v) is 5.65. The molecular weight excluding hydrogens is 346 g/mol. The van der Waals surface area contributed by atoms with Crippen molar-refractivity contribution in [2.24, 2.45) is 11.8 Å². The van der Waals surface area contributed by atoms with E-state index < -0.39 is 29.6 Å². The lowest BCUT2D eigenvalue weighted by Crippen LogP contribution is -2.57. The van der Waals surface area contributed by atoms with E-state index in [0.29, 0.717) is 0 Å². The van der Waals surface area contributed by atoms with Gasteiger partial charge in [0, 0.05) is 19.1 Å². The van der Waals surface area contributed by atoms with Crippen LogP contribution < -0.4 is 10.6 Å². The third-order valence-corrected chi connectivity index (χ3v) is 7.00. The van der Waals surface area contributed by atoms with Gasteiger partial charge in [0.1, 0.15) is 11.6 Å². The second-order valence-electron chi connectivity index (χ2n) is 8.64. The van der Waals surface area contributed by atoms with Crippen molar-refractivity contribution >= 4 is 17.7 Å². The summed E-state index contributed by atoms with van der Waals surface area (Å²) in [5.74, 6) is -1.56. The van der Waals surface area contributed by atoms with Crippen molar-refractivity contribution in [3.8, 4) is 0 Å². The quantitative estimate of drug-likeness (QED) is 0.703. The minimum absolute atomic E-state index is 0.0956. The van der Waals surface area contributed by atoms with E-state index in [-0.39, 0.29) is 29.8 Å². The summed E-state index contributed by atoms with van der Waals surface area (Å²) < 4.78 is 6.23. The Kier molecular flexibility index (Phi) is 3.86. The van der Waals surface area contributed by atoms with Crippen molar-refractivity contribution < 1.29 is 19.1 Å². The van der Waals surface area contributed by atoms with Crippen LogP contribution in [0.5, 0.6) is 0 Å². The Balaban J connectivity index is 1.48. The van der Waals surface area contributed by atoms with Gasteiger partial charge in [0.2, 0.25) is 17.7 Å². The molecule has 0 aromatic rings. The molecule has 2 saturated heterocycles. The van der Waals surface area contributed by atoms with Crippen LogP contribution in [0.15, 0.2) is 12.2 Å². The van der Waals surface area contributed by atoms with Crippen LogP contribution in [0.4, 0.5) is 0 Å². The van der Waals surface area contributed by atoms with Gasteiger partial charge >= 0.3 is 0 Å². The zero-order valence-electron chi connectivity index (χ0n) is 15.6. The lowest BCUT2D eigenvalue weighted by Gasteiger charge is -2.34. The zero-order chi connectivity index (χ0) is 18.8. The van der Waals surface area contributed by atoms with Crippen LogP contribution >= 0.6 is 0 Å². The first-order valence-corrected chi connectivity index (χ1v) is 10.3. The van der Waals surface area contributed by atoms with Crippen molar-refractivity contribution in [1.29, 1.82) is 0 Å². The Bertz CT molecular complexity index is 712. The number of carbonyl (C=O) groups is 3. The van der Waals surface area contributed by atoms with E-state index in [1.54, 1.807) is 11.9 Å². The van der Waals surface area contributed by atoms with Crippen molar-refractivity contribution in [2.75, 3.05) is 7.05 Å². The summed E-state index contributed by atoms with van der Waals surface area (Å²) in [6.07, 6.45) is 10.6. The number of amides is 3. The molecule has 3 amide bonds. The Morgan fingerprint density at radius 2 is 1.89 bits per heavy atom. The summed E-state index contributed by atoms with van der Waals surface area (Å²) >= 11 is 0. The molecule has 0 aromatic heterocycles. The van der Waals surface area contributed by atoms with E-state index in [1.807, 2.05) is 12.2 Å². The number of hydrogen-bond donors (Lipinski definition) is 2. The molecule has 4 fully saturated rings. The third-order valence-electron chi connectivity index (χ3n) is 7.00. The highest BCUT2D eigenvalue weighted by Crippen LogP contribution is 2.56. The molecule has 2 bridgehead atoms. The molecule has 146 valence electrons. The Morgan fingerprint density at radius 1 is 1.15 bits per heavy atom. The highest BCUT2D eigenvalue weighted by atomic mass is 16.5. The van der Waals surface area contributed by atoms with Crippen molar-refractivity contribution in [2.45, 2.75) is 74.8 Å². The summed E-state index contributed by atoms with van der Waals surface area (Å²) in [7, 11) is 1.58. The van der Waals surface area contributed by atoms with E-state index in [0.717, 1.165) is 38.5 Å². The van der Waals surface area contributed by atoms with Crippen LogP contribution in [0.2, 0.25) is 0 Å². The van der Waals surface area contributed by atoms with Gasteiger partial charge in [-0.05, 0) is 25.7 Å². The summed E-state index contributed by atoms with van der Waals surface area (Å²) in [6, 6.07) is -0.392. The van der Waals surface area contributed by atoms with Crippen molar-refractivity contribution in [1.82, 2.24) is 15.5 Å². The van der Waals surface area contributed by atoms with Gasteiger partial charge in [-0.25, -0.2) is 0 Å². The molecule has 7 nitrogen and oxygen atoms in total. The molecule has 2 N–H and O–H groups in total. The van der Waals surface area contributed by atoms with Crippen LogP contribution in [0, 0.1) is 11.8 Å². The molecule has 1 spiro atoms. The molecule has 0 radical (unpaired) electrons. The Morgan fingerprint density at radius 3 is 2.56 bits per heavy atom. The zero-order valence-corrected chi connectivity index (χ0v) is 15.6. The molecular formula is C20H27N3O4. The van der Waals surface area contributed by atoms with Gasteiger partial charge in [-0.2, -0.15) is 0 Å². The van der Waals surface area contributed by atoms with Crippen molar-refractivity contribution in [3.05, 3.63) is 12.2 Å². The maximum Gasteiger partial charge on any atom is 0.246 e. The number of nitrogens with zero attached hydrogens (tertiary/aromatic N) is 1. The number of hydrogen-bond acceptors (Lipinski definition) is 4. The highest BCUT2D eigenvalue weighted by molar-refractivity contribution is 6.00. The van der Waals surface area contributed by atoms with E-state index in [9.17, 15) is 14.4 Å². The van der Waals surface area contributed by atoms with Gasteiger partial charge in [0.15, 0.2) is 0 Å². The van der Waals surface area contributed by atoms with Crippen LogP contribution in [0.1, 0.15) is 44.9 Å². The maximum absolute atomic E-state index is 13.4. The third kappa shape index (κ3) is 2.40. The smallest absolute Gasteiger partial charge is 0.246 e. The molecule has 0 aromatic carbocycles. The van der Waals surface area contributed by atoms with Gasteiger partial charge in [-0.3, -0.25) is 14.4 Å². The number of nitrogens with one attached hydrogen (secondary N) is 2. The molecule has 27 heavy (non-hydrogen) atoms. The van der Waals surface area contributed by atoms with E-state index >= 15 is 0 Å². The standard InChI is InChI=1S/C20H27N3O4/c1-21-17(24)14-13-9-10-20(27-13)15(14)19(26)23(12-7-8-12)16(20)18(25)22-11-5-3-2-4-6-11/h9-16H,2-8H2,1H3,(H,21,24)(H,22,25). The average Bonchev–Trinajstić information content (AvgIpc) is 3.27. The number of ether oxygens (including phenoxy) is 1. The van der Waals surface area contributed by atoms with Gasteiger partial charge in [0.25, 0.3) is 0 Å². The second-order valence-corrected chi connectivity index (χ2v) is 8.64. The van der Waals surface area contributed by atoms with Gasteiger partial charge in [-0.15, -0.1) is 0 Å². The monoisotopic (exact) mass is 373 g/mol. The molecule has 5 aliphatic rings. The van der Waals surface area contributed by atoms with Crippen LogP contribution in [-0.4, -0.2) is 59.5 Å². The first-order valence-electron chi connectivity index (χ1n) is 10.3. The van der Waals surface area contributed by atoms with Crippen LogP contribution in [0.3, 0.4) is 0 Å². The predicted octanol–water partition coefficient (Wildman–Crippen LogP) is 0.494. The first-order chi connectivity index (χ1) is 13.1. The van der Waals surface area contributed by atoms with E-state index in [1.165, 1.54) is 6.42 Å². The molecule has 5 unspecified atom stereocenters. The van der Waals surface area contributed by atoms with Gasteiger partial charge in [0.05, 0.1) is 17.9 Å². The first kappa shape index (κ1) is 17.2.